The summed E-state index contributed by atoms with van der Waals surface area (Å²) in [5.74, 6) is -0.110. The topological polar surface area (TPSA) is 59.1 Å². The number of carbonyl (C=O) groups is 2. The average molecular weight is 400 g/mol. The van der Waals surface area contributed by atoms with Gasteiger partial charge in [-0.05, 0) is 36.8 Å². The molecule has 0 saturated carbocycles. The summed E-state index contributed by atoms with van der Waals surface area (Å²) in [5.41, 5.74) is 1.11. The Labute approximate surface area is 169 Å². The molecule has 1 unspecified atom stereocenters. The summed E-state index contributed by atoms with van der Waals surface area (Å²) in [6.07, 6.45) is 0.0790. The standard InChI is InChI=1S/C22H25FN2O4/c1-4-24(13-15-9-10-19(28-2)20(11-15)29-3)22(27)16-12-21(26)25(14-16)18-8-6-5-7-17(18)23/h5-11,16H,4,12-14H2,1-3H3. The molecular formula is C22H25FN2O4. The van der Waals surface area contributed by atoms with Crippen LogP contribution in [0.5, 0.6) is 11.5 Å². The first-order valence-electron chi connectivity index (χ1n) is 9.53. The zero-order chi connectivity index (χ0) is 21.0. The lowest BCUT2D eigenvalue weighted by atomic mass is 10.1. The highest BCUT2D eigenvalue weighted by Crippen LogP contribution is 2.30. The van der Waals surface area contributed by atoms with E-state index in [9.17, 15) is 14.0 Å². The van der Waals surface area contributed by atoms with Gasteiger partial charge in [-0.25, -0.2) is 4.39 Å². The van der Waals surface area contributed by atoms with E-state index in [-0.39, 0.29) is 30.5 Å². The Bertz CT molecular complexity index is 902. The smallest absolute Gasteiger partial charge is 0.228 e. The van der Waals surface area contributed by atoms with Crippen molar-refractivity contribution in [1.82, 2.24) is 4.90 Å². The number of hydrogen-bond donors (Lipinski definition) is 0. The van der Waals surface area contributed by atoms with Gasteiger partial charge >= 0.3 is 0 Å². The second kappa shape index (κ2) is 8.94. The van der Waals surface area contributed by atoms with E-state index < -0.39 is 11.7 Å². The number of ether oxygens (including phenoxy) is 2. The fraction of sp³-hybridized carbons (Fsp3) is 0.364. The molecule has 2 amide bonds. The molecule has 0 radical (unpaired) electrons. The molecule has 0 bridgehead atoms. The van der Waals surface area contributed by atoms with Crippen molar-refractivity contribution in [3.05, 3.63) is 53.8 Å². The molecule has 0 N–H and O–H groups in total. The van der Waals surface area contributed by atoms with Gasteiger partial charge in [-0.2, -0.15) is 0 Å². The number of nitrogens with zero attached hydrogens (tertiary/aromatic N) is 2. The van der Waals surface area contributed by atoms with Gasteiger partial charge in [-0.15, -0.1) is 0 Å². The van der Waals surface area contributed by atoms with E-state index in [1.807, 2.05) is 19.1 Å². The molecule has 1 fully saturated rings. The van der Waals surface area contributed by atoms with Crippen LogP contribution in [0.3, 0.4) is 0 Å². The number of hydrogen-bond acceptors (Lipinski definition) is 4. The maximum absolute atomic E-state index is 14.1. The van der Waals surface area contributed by atoms with Crippen molar-refractivity contribution in [1.29, 1.82) is 0 Å². The Kier molecular flexibility index (Phi) is 6.36. The number of methoxy groups -OCH3 is 2. The molecule has 0 spiro atoms. The Morgan fingerprint density at radius 2 is 1.90 bits per heavy atom. The van der Waals surface area contributed by atoms with Crippen LogP contribution >= 0.6 is 0 Å². The Hall–Kier alpha value is -3.09. The lowest BCUT2D eigenvalue weighted by Gasteiger charge is -2.25. The summed E-state index contributed by atoms with van der Waals surface area (Å²) in [7, 11) is 3.13. The summed E-state index contributed by atoms with van der Waals surface area (Å²) < 4.78 is 24.6. The largest absolute Gasteiger partial charge is 0.493 e. The van der Waals surface area contributed by atoms with Crippen LogP contribution < -0.4 is 14.4 Å². The molecule has 2 aromatic carbocycles. The second-order valence-electron chi connectivity index (χ2n) is 6.90. The van der Waals surface area contributed by atoms with Crippen LogP contribution in [-0.2, 0) is 16.1 Å². The minimum absolute atomic E-state index is 0.0790. The lowest BCUT2D eigenvalue weighted by Crippen LogP contribution is -2.37. The van der Waals surface area contributed by atoms with Crippen LogP contribution in [0.25, 0.3) is 0 Å². The first-order valence-corrected chi connectivity index (χ1v) is 9.53. The maximum atomic E-state index is 14.1. The van der Waals surface area contributed by atoms with Crippen molar-refractivity contribution < 1.29 is 23.5 Å². The van der Waals surface area contributed by atoms with Gasteiger partial charge in [0.05, 0.1) is 25.8 Å². The summed E-state index contributed by atoms with van der Waals surface area (Å²) in [5, 5.41) is 0. The molecule has 0 aromatic heterocycles. The summed E-state index contributed by atoms with van der Waals surface area (Å²) in [4.78, 5) is 28.5. The third kappa shape index (κ3) is 4.34. The van der Waals surface area contributed by atoms with Crippen molar-refractivity contribution in [2.75, 3.05) is 32.2 Å². The maximum Gasteiger partial charge on any atom is 0.228 e. The predicted octanol–water partition coefficient (Wildman–Crippen LogP) is 3.24. The molecule has 154 valence electrons. The van der Waals surface area contributed by atoms with Gasteiger partial charge in [-0.1, -0.05) is 18.2 Å². The fourth-order valence-electron chi connectivity index (χ4n) is 3.58. The van der Waals surface area contributed by atoms with E-state index in [1.54, 1.807) is 43.4 Å². The quantitative estimate of drug-likeness (QED) is 0.716. The molecule has 1 aliphatic heterocycles. The minimum atomic E-state index is -0.498. The van der Waals surface area contributed by atoms with Gasteiger partial charge in [0.1, 0.15) is 5.82 Å². The number of rotatable bonds is 7. The van der Waals surface area contributed by atoms with Crippen molar-refractivity contribution in [2.45, 2.75) is 19.9 Å². The van der Waals surface area contributed by atoms with Crippen molar-refractivity contribution >= 4 is 17.5 Å². The Morgan fingerprint density at radius 1 is 1.17 bits per heavy atom. The number of benzene rings is 2. The van der Waals surface area contributed by atoms with Crippen LogP contribution in [-0.4, -0.2) is 44.0 Å². The number of anilines is 1. The van der Waals surface area contributed by atoms with Gasteiger partial charge in [0.25, 0.3) is 0 Å². The number of carbonyl (C=O) groups excluding carboxylic acids is 2. The SMILES string of the molecule is CCN(Cc1ccc(OC)c(OC)c1)C(=O)C1CC(=O)N(c2ccccc2F)C1. The van der Waals surface area contributed by atoms with Crippen LogP contribution in [0, 0.1) is 11.7 Å². The molecule has 1 heterocycles. The van der Waals surface area contributed by atoms with Gasteiger partial charge < -0.3 is 19.3 Å². The molecule has 2 aromatic rings. The van der Waals surface area contributed by atoms with Gasteiger partial charge in [0.2, 0.25) is 11.8 Å². The molecule has 29 heavy (non-hydrogen) atoms. The highest BCUT2D eigenvalue weighted by Gasteiger charge is 2.37. The summed E-state index contributed by atoms with van der Waals surface area (Å²) in [6.45, 7) is 2.96. The van der Waals surface area contributed by atoms with E-state index in [4.69, 9.17) is 9.47 Å². The average Bonchev–Trinajstić information content (AvgIpc) is 3.13. The van der Waals surface area contributed by atoms with Crippen LogP contribution in [0.4, 0.5) is 10.1 Å². The molecule has 3 rings (SSSR count). The van der Waals surface area contributed by atoms with E-state index in [2.05, 4.69) is 0 Å². The van der Waals surface area contributed by atoms with Crippen LogP contribution in [0.1, 0.15) is 18.9 Å². The molecule has 7 heteroatoms. The van der Waals surface area contributed by atoms with Crippen LogP contribution in [0.2, 0.25) is 0 Å². The molecule has 1 aliphatic rings. The second-order valence-corrected chi connectivity index (χ2v) is 6.90. The highest BCUT2D eigenvalue weighted by molar-refractivity contribution is 6.00. The number of halogens is 1. The molecule has 0 aliphatic carbocycles. The zero-order valence-corrected chi connectivity index (χ0v) is 16.9. The molecular weight excluding hydrogens is 375 g/mol. The lowest BCUT2D eigenvalue weighted by molar-refractivity contribution is -0.136. The Morgan fingerprint density at radius 3 is 2.55 bits per heavy atom. The molecule has 1 saturated heterocycles. The van der Waals surface area contributed by atoms with E-state index in [0.29, 0.717) is 24.6 Å². The zero-order valence-electron chi connectivity index (χ0n) is 16.9. The van der Waals surface area contributed by atoms with E-state index >= 15 is 0 Å². The van der Waals surface area contributed by atoms with E-state index in [0.717, 1.165) is 5.56 Å². The molecule has 6 nitrogen and oxygen atoms in total. The first kappa shape index (κ1) is 20.6. The van der Waals surface area contributed by atoms with Crippen molar-refractivity contribution in [2.24, 2.45) is 5.92 Å². The monoisotopic (exact) mass is 400 g/mol. The Balaban J connectivity index is 1.73. The summed E-state index contributed by atoms with van der Waals surface area (Å²) in [6, 6.07) is 11.6. The van der Waals surface area contributed by atoms with Gasteiger partial charge in [0, 0.05) is 26.1 Å². The minimum Gasteiger partial charge on any atom is -0.493 e. The number of amides is 2. The summed E-state index contributed by atoms with van der Waals surface area (Å²) >= 11 is 0. The normalized spacial score (nSPS) is 16.1. The molecule has 1 atom stereocenters. The van der Waals surface area contributed by atoms with Crippen molar-refractivity contribution in [3.63, 3.8) is 0 Å². The highest BCUT2D eigenvalue weighted by atomic mass is 19.1. The third-order valence-electron chi connectivity index (χ3n) is 5.13. The first-order chi connectivity index (χ1) is 14.0. The van der Waals surface area contributed by atoms with E-state index in [1.165, 1.54) is 11.0 Å². The van der Waals surface area contributed by atoms with Crippen molar-refractivity contribution in [3.8, 4) is 11.5 Å². The third-order valence-corrected chi connectivity index (χ3v) is 5.13. The van der Waals surface area contributed by atoms with Crippen LogP contribution in [0.15, 0.2) is 42.5 Å². The predicted molar refractivity (Wildman–Crippen MR) is 107 cm³/mol. The fourth-order valence-corrected chi connectivity index (χ4v) is 3.58. The van der Waals surface area contributed by atoms with Gasteiger partial charge in [0.15, 0.2) is 11.5 Å². The van der Waals surface area contributed by atoms with Gasteiger partial charge in [-0.3, -0.25) is 9.59 Å². The number of para-hydroxylation sites is 1.